The van der Waals surface area contributed by atoms with E-state index in [1.807, 2.05) is 32.0 Å². The zero-order valence-corrected chi connectivity index (χ0v) is 13.9. The van der Waals surface area contributed by atoms with E-state index in [0.717, 1.165) is 0 Å². The summed E-state index contributed by atoms with van der Waals surface area (Å²) >= 11 is 0. The molecule has 2 aromatic carbocycles. The van der Waals surface area contributed by atoms with E-state index in [4.69, 9.17) is 0 Å². The van der Waals surface area contributed by atoms with Crippen LogP contribution in [0.25, 0.3) is 0 Å². The number of para-hydroxylation sites is 1. The summed E-state index contributed by atoms with van der Waals surface area (Å²) in [6, 6.07) is 15.9. The van der Waals surface area contributed by atoms with Crippen molar-refractivity contribution in [3.8, 4) is 0 Å². The number of nitrogens with zero attached hydrogens (tertiary/aromatic N) is 1. The molecule has 3 rings (SSSR count). The maximum absolute atomic E-state index is 12.9. The van der Waals surface area contributed by atoms with Crippen LogP contribution in [0.5, 0.6) is 0 Å². The second kappa shape index (κ2) is 6.21. The molecule has 0 saturated carbocycles. The Morgan fingerprint density at radius 1 is 1.08 bits per heavy atom. The molecule has 4 nitrogen and oxygen atoms in total. The lowest BCUT2D eigenvalue weighted by Gasteiger charge is -2.23. The van der Waals surface area contributed by atoms with E-state index in [-0.39, 0.29) is 18.1 Å². The molecule has 24 heavy (non-hydrogen) atoms. The molecule has 1 N–H and O–H groups in total. The van der Waals surface area contributed by atoms with Crippen LogP contribution in [0.4, 0.5) is 5.69 Å². The second-order valence-electron chi connectivity index (χ2n) is 6.65. The quantitative estimate of drug-likeness (QED) is 0.860. The largest absolute Gasteiger partial charge is 0.375 e. The Morgan fingerprint density at radius 2 is 1.71 bits per heavy atom. The number of Topliss-reactive ketones (excluding diaryl/α,β-unsaturated/α-hetero) is 1. The van der Waals surface area contributed by atoms with Gasteiger partial charge in [-0.1, -0.05) is 62.4 Å². The summed E-state index contributed by atoms with van der Waals surface area (Å²) in [4.78, 5) is 27.1. The van der Waals surface area contributed by atoms with Crippen LogP contribution in [0.1, 0.15) is 36.2 Å². The van der Waals surface area contributed by atoms with Gasteiger partial charge < -0.3 is 10.0 Å². The van der Waals surface area contributed by atoms with Gasteiger partial charge >= 0.3 is 0 Å². The lowest BCUT2D eigenvalue weighted by molar-refractivity contribution is -0.136. The third kappa shape index (κ3) is 2.74. The summed E-state index contributed by atoms with van der Waals surface area (Å²) < 4.78 is 0. The number of hydrogen-bond acceptors (Lipinski definition) is 3. The molecule has 124 valence electrons. The summed E-state index contributed by atoms with van der Waals surface area (Å²) in [7, 11) is 0. The fourth-order valence-electron chi connectivity index (χ4n) is 3.18. The number of rotatable bonds is 5. The Morgan fingerprint density at radius 3 is 2.38 bits per heavy atom. The van der Waals surface area contributed by atoms with E-state index in [9.17, 15) is 14.7 Å². The normalized spacial score (nSPS) is 19.7. The molecule has 0 aromatic heterocycles. The third-order valence-corrected chi connectivity index (χ3v) is 4.30. The SMILES string of the molecule is CC(C)CN1C(=O)[C@](O)(CC(=O)c2ccccc2)c2ccccc21. The van der Waals surface area contributed by atoms with E-state index < -0.39 is 11.5 Å². The van der Waals surface area contributed by atoms with Crippen molar-refractivity contribution in [3.63, 3.8) is 0 Å². The fraction of sp³-hybridized carbons (Fsp3) is 0.300. The average Bonchev–Trinajstić information content (AvgIpc) is 2.78. The summed E-state index contributed by atoms with van der Waals surface area (Å²) in [5.41, 5.74) is -0.0868. The molecule has 0 aliphatic carbocycles. The lowest BCUT2D eigenvalue weighted by Crippen LogP contribution is -2.43. The number of hydrogen-bond donors (Lipinski definition) is 1. The van der Waals surface area contributed by atoms with Gasteiger partial charge in [0.25, 0.3) is 5.91 Å². The fourth-order valence-corrected chi connectivity index (χ4v) is 3.18. The average molecular weight is 323 g/mol. The highest BCUT2D eigenvalue weighted by Gasteiger charge is 2.50. The van der Waals surface area contributed by atoms with Crippen LogP contribution in [-0.4, -0.2) is 23.3 Å². The number of aliphatic hydroxyl groups is 1. The van der Waals surface area contributed by atoms with Crippen molar-refractivity contribution in [1.29, 1.82) is 0 Å². The molecule has 0 saturated heterocycles. The van der Waals surface area contributed by atoms with Crippen LogP contribution in [0.15, 0.2) is 54.6 Å². The first-order valence-corrected chi connectivity index (χ1v) is 8.15. The van der Waals surface area contributed by atoms with E-state index >= 15 is 0 Å². The van der Waals surface area contributed by atoms with Crippen LogP contribution in [0, 0.1) is 5.92 Å². The highest BCUT2D eigenvalue weighted by Crippen LogP contribution is 2.43. The Hall–Kier alpha value is -2.46. The van der Waals surface area contributed by atoms with Gasteiger partial charge in [0.1, 0.15) is 0 Å². The van der Waals surface area contributed by atoms with E-state index in [2.05, 4.69) is 0 Å². The molecule has 1 aliphatic heterocycles. The topological polar surface area (TPSA) is 57.6 Å². The Kier molecular flexibility index (Phi) is 4.24. The molecule has 0 fully saturated rings. The minimum Gasteiger partial charge on any atom is -0.375 e. The monoisotopic (exact) mass is 323 g/mol. The summed E-state index contributed by atoms with van der Waals surface area (Å²) in [6.45, 7) is 4.54. The minimum absolute atomic E-state index is 0.243. The number of anilines is 1. The van der Waals surface area contributed by atoms with Crippen LogP contribution in [0.2, 0.25) is 0 Å². The Labute approximate surface area is 141 Å². The summed E-state index contributed by atoms with van der Waals surface area (Å²) in [6.07, 6.45) is -0.249. The number of ketones is 1. The van der Waals surface area contributed by atoms with Crippen LogP contribution < -0.4 is 4.90 Å². The molecule has 0 radical (unpaired) electrons. The molecular formula is C20H21NO3. The minimum atomic E-state index is -1.79. The zero-order valence-electron chi connectivity index (χ0n) is 13.9. The van der Waals surface area contributed by atoms with Gasteiger partial charge in [0.2, 0.25) is 0 Å². The van der Waals surface area contributed by atoms with Gasteiger partial charge in [0, 0.05) is 17.7 Å². The van der Waals surface area contributed by atoms with Crippen LogP contribution in [-0.2, 0) is 10.4 Å². The van der Waals surface area contributed by atoms with Crippen molar-refractivity contribution < 1.29 is 14.7 Å². The molecule has 1 heterocycles. The number of carbonyl (C=O) groups excluding carboxylic acids is 2. The van der Waals surface area contributed by atoms with Crippen molar-refractivity contribution in [1.82, 2.24) is 0 Å². The Balaban J connectivity index is 1.97. The van der Waals surface area contributed by atoms with Crippen LogP contribution in [0.3, 0.4) is 0 Å². The summed E-state index contributed by atoms with van der Waals surface area (Å²) in [5, 5.41) is 11.1. The molecule has 1 aliphatic rings. The first-order valence-electron chi connectivity index (χ1n) is 8.15. The van der Waals surface area contributed by atoms with Gasteiger partial charge in [-0.3, -0.25) is 9.59 Å². The first-order chi connectivity index (χ1) is 11.4. The van der Waals surface area contributed by atoms with Crippen LogP contribution >= 0.6 is 0 Å². The first kappa shape index (κ1) is 16.4. The van der Waals surface area contributed by atoms with Gasteiger partial charge in [-0.2, -0.15) is 0 Å². The van der Waals surface area contributed by atoms with Crippen molar-refractivity contribution in [2.45, 2.75) is 25.9 Å². The molecule has 1 amide bonds. The predicted octanol–water partition coefficient (Wildman–Crippen LogP) is 3.15. The number of amides is 1. The highest BCUT2D eigenvalue weighted by atomic mass is 16.3. The van der Waals surface area contributed by atoms with E-state index in [1.165, 1.54) is 0 Å². The molecular weight excluding hydrogens is 302 g/mol. The molecule has 2 aromatic rings. The number of fused-ring (bicyclic) bond motifs is 1. The summed E-state index contributed by atoms with van der Waals surface area (Å²) in [5.74, 6) is -0.400. The highest BCUT2D eigenvalue weighted by molar-refractivity contribution is 6.10. The molecule has 0 bridgehead atoms. The van der Waals surface area contributed by atoms with Gasteiger partial charge in [-0.15, -0.1) is 0 Å². The van der Waals surface area contributed by atoms with Crippen molar-refractivity contribution >= 4 is 17.4 Å². The number of carbonyl (C=O) groups is 2. The molecule has 0 spiro atoms. The van der Waals surface area contributed by atoms with Gasteiger partial charge in [0.05, 0.1) is 12.1 Å². The zero-order chi connectivity index (χ0) is 17.3. The second-order valence-corrected chi connectivity index (χ2v) is 6.65. The molecule has 4 heteroatoms. The number of benzene rings is 2. The molecule has 0 unspecified atom stereocenters. The van der Waals surface area contributed by atoms with Crippen molar-refractivity contribution in [3.05, 3.63) is 65.7 Å². The Bertz CT molecular complexity index is 769. The van der Waals surface area contributed by atoms with Gasteiger partial charge in [0.15, 0.2) is 11.4 Å². The third-order valence-electron chi connectivity index (χ3n) is 4.30. The molecule has 1 atom stereocenters. The smallest absolute Gasteiger partial charge is 0.264 e. The van der Waals surface area contributed by atoms with Gasteiger partial charge in [-0.25, -0.2) is 0 Å². The maximum atomic E-state index is 12.9. The maximum Gasteiger partial charge on any atom is 0.264 e. The van der Waals surface area contributed by atoms with Gasteiger partial charge in [-0.05, 0) is 12.0 Å². The van der Waals surface area contributed by atoms with E-state index in [1.54, 1.807) is 41.3 Å². The van der Waals surface area contributed by atoms with Crippen molar-refractivity contribution in [2.75, 3.05) is 11.4 Å². The predicted molar refractivity (Wildman–Crippen MR) is 92.9 cm³/mol. The van der Waals surface area contributed by atoms with Crippen molar-refractivity contribution in [2.24, 2.45) is 5.92 Å². The standard InChI is InChI=1S/C20H21NO3/c1-14(2)13-21-17-11-7-6-10-16(17)20(24,19(21)23)12-18(22)15-8-4-3-5-9-15/h3-11,14,24H,12-13H2,1-2H3/t20-/m0/s1. The van der Waals surface area contributed by atoms with E-state index in [0.29, 0.717) is 23.4 Å². The lowest BCUT2D eigenvalue weighted by atomic mass is 9.88.